The fourth-order valence-electron chi connectivity index (χ4n) is 14.4. The molecular formula is C98H70Br4F11N5O14. The molecule has 8 heterocycles. The molecule has 18 aromatic rings. The minimum atomic E-state index is -3.20. The van der Waals surface area contributed by atoms with Crippen LogP contribution in [0.25, 0.3) is 121 Å². The van der Waals surface area contributed by atoms with Gasteiger partial charge in [0.15, 0.2) is 22.6 Å². The lowest BCUT2D eigenvalue weighted by molar-refractivity contribution is -0.0521. The zero-order valence-corrected chi connectivity index (χ0v) is 76.4. The first-order chi connectivity index (χ1) is 63.2. The van der Waals surface area contributed by atoms with Gasteiger partial charge in [0.2, 0.25) is 27.1 Å². The maximum absolute atomic E-state index is 14.5. The molecule has 0 bridgehead atoms. The van der Waals surface area contributed by atoms with E-state index in [-0.39, 0.29) is 135 Å². The summed E-state index contributed by atoms with van der Waals surface area (Å²) in [5, 5.41) is 4.73. The van der Waals surface area contributed by atoms with Crippen LogP contribution in [-0.4, -0.2) is 33.5 Å². The Morgan fingerprint density at radius 3 is 1.26 bits per heavy atom. The smallest absolute Gasteiger partial charge is 0.387 e. The van der Waals surface area contributed by atoms with Gasteiger partial charge in [-0.3, -0.25) is 28.8 Å². The second kappa shape index (κ2) is 41.8. The Labute approximate surface area is 773 Å². The molecule has 8 aromatic heterocycles. The van der Waals surface area contributed by atoms with Crippen molar-refractivity contribution in [1.29, 1.82) is 0 Å². The number of ether oxygens (including phenoxy) is 2. The van der Waals surface area contributed by atoms with E-state index in [1.807, 2.05) is 27.7 Å². The third-order valence-electron chi connectivity index (χ3n) is 20.3. The minimum Gasteiger partial charge on any atom is -0.496 e. The van der Waals surface area contributed by atoms with Crippen LogP contribution in [0.1, 0.15) is 98.2 Å². The number of nitrogens with zero attached hydrogens (tertiary/aromatic N) is 4. The summed E-state index contributed by atoms with van der Waals surface area (Å²) in [6.07, 6.45) is 3.78. The molecule has 34 heteroatoms. The first kappa shape index (κ1) is 96.1. The summed E-state index contributed by atoms with van der Waals surface area (Å²) >= 11 is 13.0. The number of nitrogen functional groups attached to an aromatic ring is 1. The van der Waals surface area contributed by atoms with Crippen LogP contribution in [0.3, 0.4) is 0 Å². The SMILES string of the molecule is CC(Br)c1oc2cccc(F)c2c(=O)c1-c1cccc(F)c1.CC(Br)c1oc2cccc(F)c2c(=O)c1Br.CC(c1oc2cccc(F)c2c(=O)c1Br)n1nc(-c2ccc(OC(F)F)c(F)c2)c2c(N)ncnc21.CCCc1cc(=O)c2c(F)cccc2o1.CCc1oc2cccc(F)c2c(=O)c1-c1cccc(F)c1.CCc1oc2cccc(OC)c2c(=O)c1-c1cccc(F)c1. The molecule has 19 nitrogen and oxygen atoms in total. The van der Waals surface area contributed by atoms with E-state index >= 15 is 0 Å². The van der Waals surface area contributed by atoms with E-state index in [9.17, 15) is 77.1 Å². The Kier molecular flexibility index (Phi) is 30.4. The van der Waals surface area contributed by atoms with Gasteiger partial charge in [-0.15, -0.1) is 0 Å². The van der Waals surface area contributed by atoms with Crippen LogP contribution in [0, 0.1) is 52.4 Å². The van der Waals surface area contributed by atoms with Gasteiger partial charge in [-0.05, 0) is 203 Å². The average Bonchev–Trinajstić information content (AvgIpc) is 1.51. The van der Waals surface area contributed by atoms with E-state index in [4.69, 9.17) is 37.0 Å². The van der Waals surface area contributed by atoms with E-state index in [2.05, 4.69) is 83.5 Å². The second-order valence-corrected chi connectivity index (χ2v) is 33.3. The molecule has 2 N–H and O–H groups in total. The fraction of sp³-hybridized carbons (Fsp3) is 0.153. The molecule has 0 saturated heterocycles. The van der Waals surface area contributed by atoms with Gasteiger partial charge < -0.3 is 41.7 Å². The summed E-state index contributed by atoms with van der Waals surface area (Å²) in [6, 6.07) is 47.6. The van der Waals surface area contributed by atoms with Crippen molar-refractivity contribution < 1.29 is 84.3 Å². The number of halogens is 15. The van der Waals surface area contributed by atoms with Crippen molar-refractivity contribution in [3.8, 4) is 56.1 Å². The second-order valence-electron chi connectivity index (χ2n) is 29.0. The summed E-state index contributed by atoms with van der Waals surface area (Å²) < 4.78 is 194. The predicted molar refractivity (Wildman–Crippen MR) is 496 cm³/mol. The number of benzene rings is 10. The van der Waals surface area contributed by atoms with Gasteiger partial charge in [0.1, 0.15) is 185 Å². The molecule has 10 aromatic carbocycles. The average molecular weight is 2070 g/mol. The van der Waals surface area contributed by atoms with Crippen molar-refractivity contribution in [2.24, 2.45) is 0 Å². The zero-order chi connectivity index (χ0) is 95.0. The van der Waals surface area contributed by atoms with Gasteiger partial charge in [-0.2, -0.15) is 13.9 Å². The van der Waals surface area contributed by atoms with Crippen LogP contribution >= 0.6 is 63.7 Å². The molecule has 0 aliphatic rings. The standard InChI is InChI=1S/C23H14BrF4N5O3.C18H15FO3.C17H11BrF2O2.C17H12F2O2.C12H11FO2.C11H7Br2FO2/c1-9(20-17(24)19(34)15-11(25)3-2-4-14(15)35-20)33-22-16(21(29)30-8-31-22)18(32-33)10-5-6-13(12(26)7-10)36-23(27)28;1-3-13-16(11-6-4-7-12(19)10-11)18(20)17-14(21-2)8-5-9-15(17)22-13;1-9(18)17-14(10-4-2-5-11(19)8-10)16(21)15-12(20)6-3-7-13(15)22-17;1-2-13-15(10-5-3-6-11(18)9-10)17(20)16-12(19)7-4-8-14(16)21-13;1-2-4-8-7-10(14)12-9(13)5-3-6-11(12)15-8;1-5(12)11-9(13)10(15)8-6(14)3-2-4-7(8)16-11/h2-9,23H,1H3,(H2,29,30,31);4-10H,3H2,1-2H3;2-9H,1H3;3-9H,2H2,1H3;3,5-7H,2,4H2,1H3;2-5H,1H3. The highest BCUT2D eigenvalue weighted by molar-refractivity contribution is 9.11. The highest BCUT2D eigenvalue weighted by Crippen LogP contribution is 2.40. The van der Waals surface area contributed by atoms with Crippen molar-refractivity contribution in [2.45, 2.75) is 89.5 Å². The van der Waals surface area contributed by atoms with E-state index in [1.54, 1.807) is 74.5 Å². The van der Waals surface area contributed by atoms with Gasteiger partial charge >= 0.3 is 6.61 Å². The molecular weight excluding hydrogens is 2000 g/mol. The lowest BCUT2D eigenvalue weighted by Gasteiger charge is -2.14. The van der Waals surface area contributed by atoms with Crippen LogP contribution in [-0.2, 0) is 19.3 Å². The van der Waals surface area contributed by atoms with Crippen molar-refractivity contribution in [3.63, 3.8) is 0 Å². The Balaban J connectivity index is 0.000000138. The Bertz CT molecular complexity index is 7860. The summed E-state index contributed by atoms with van der Waals surface area (Å²) in [5.41, 5.74) is 7.66. The molecule has 3 atom stereocenters. The van der Waals surface area contributed by atoms with Crippen molar-refractivity contribution in [3.05, 3.63) is 370 Å². The topological polar surface area (TPSA) is 269 Å². The highest BCUT2D eigenvalue weighted by Gasteiger charge is 2.30. The molecule has 18 rings (SSSR count). The third-order valence-corrected chi connectivity index (χ3v) is 22.7. The number of rotatable bonds is 15. The number of nitrogens with two attached hydrogens (primary N) is 1. The summed E-state index contributed by atoms with van der Waals surface area (Å²) in [5.74, 6) is -3.13. The van der Waals surface area contributed by atoms with E-state index in [1.165, 1.54) is 146 Å². The number of hydrogen-bond donors (Lipinski definition) is 1. The highest BCUT2D eigenvalue weighted by atomic mass is 79.9. The van der Waals surface area contributed by atoms with E-state index in [0.717, 1.165) is 24.6 Å². The molecule has 3 unspecified atom stereocenters. The molecule has 676 valence electrons. The molecule has 0 amide bonds. The maximum Gasteiger partial charge on any atom is 0.387 e. The molecule has 0 spiro atoms. The lowest BCUT2D eigenvalue weighted by atomic mass is 10.0. The molecule has 0 radical (unpaired) electrons. The Morgan fingerprint density at radius 1 is 0.409 bits per heavy atom. The van der Waals surface area contributed by atoms with Gasteiger partial charge in [0.05, 0.1) is 38.8 Å². The largest absolute Gasteiger partial charge is 0.496 e. The van der Waals surface area contributed by atoms with Crippen molar-refractivity contribution in [2.75, 3.05) is 12.8 Å². The quantitative estimate of drug-likeness (QED) is 0.0738. The molecule has 0 fully saturated rings. The van der Waals surface area contributed by atoms with Crippen LogP contribution < -0.4 is 47.8 Å². The number of alkyl halides is 4. The van der Waals surface area contributed by atoms with E-state index in [0.29, 0.717) is 92.6 Å². The fourth-order valence-corrected chi connectivity index (χ4v) is 16.6. The van der Waals surface area contributed by atoms with Crippen LogP contribution in [0.15, 0.2) is 277 Å². The summed E-state index contributed by atoms with van der Waals surface area (Å²) in [4.78, 5) is 82.5. The zero-order valence-electron chi connectivity index (χ0n) is 70.1. The van der Waals surface area contributed by atoms with Crippen LogP contribution in [0.2, 0.25) is 0 Å². The van der Waals surface area contributed by atoms with Gasteiger partial charge in [-0.1, -0.05) is 125 Å². The number of aryl methyl sites for hydroxylation is 3. The first-order valence-electron chi connectivity index (χ1n) is 40.1. The summed E-state index contributed by atoms with van der Waals surface area (Å²) in [6.45, 7) is 7.79. The van der Waals surface area contributed by atoms with Crippen LogP contribution in [0.4, 0.5) is 54.1 Å². The van der Waals surface area contributed by atoms with Gasteiger partial charge in [-0.25, -0.2) is 54.2 Å². The number of fused-ring (bicyclic) bond motifs is 7. The Morgan fingerprint density at radius 2 is 0.811 bits per heavy atom. The van der Waals surface area contributed by atoms with Crippen molar-refractivity contribution in [1.82, 2.24) is 19.7 Å². The minimum absolute atomic E-state index is 0.0145. The van der Waals surface area contributed by atoms with Gasteiger partial charge in [0, 0.05) is 30.9 Å². The lowest BCUT2D eigenvalue weighted by Crippen LogP contribution is -2.15. The predicted octanol–water partition coefficient (Wildman–Crippen LogP) is 26.1. The molecule has 0 aliphatic carbocycles. The number of aromatic nitrogens is 4. The maximum atomic E-state index is 14.5. The van der Waals surface area contributed by atoms with Crippen molar-refractivity contribution >= 4 is 146 Å². The monoisotopic (exact) mass is 2070 g/mol. The Hall–Kier alpha value is -13.4. The molecule has 0 aliphatic heterocycles. The normalized spacial score (nSPS) is 11.9. The first-order valence-corrected chi connectivity index (χ1v) is 43.5. The number of methoxy groups -OCH3 is 1. The summed E-state index contributed by atoms with van der Waals surface area (Å²) in [7, 11) is 1.50. The molecule has 132 heavy (non-hydrogen) atoms. The number of hydrogen-bond acceptors (Lipinski definition) is 18. The number of anilines is 1. The molecule has 0 saturated carbocycles. The third kappa shape index (κ3) is 20.4. The van der Waals surface area contributed by atoms with Gasteiger partial charge in [0.25, 0.3) is 0 Å². The van der Waals surface area contributed by atoms with E-state index < -0.39 is 81.2 Å². The van der Waals surface area contributed by atoms with Crippen LogP contribution in [0.5, 0.6) is 11.5 Å².